The minimum Gasteiger partial charge on any atom is -0.484 e. The van der Waals surface area contributed by atoms with Crippen molar-refractivity contribution in [3.8, 4) is 5.75 Å². The third kappa shape index (κ3) is 7.50. The monoisotopic (exact) mass is 448 g/mol. The van der Waals surface area contributed by atoms with Gasteiger partial charge in [-0.2, -0.15) is 26.3 Å². The summed E-state index contributed by atoms with van der Waals surface area (Å²) in [6.45, 7) is -0.875. The number of carbonyl (C=O) groups is 2. The second-order valence-electron chi connectivity index (χ2n) is 6.55. The molecule has 5 nitrogen and oxygen atoms in total. The van der Waals surface area contributed by atoms with Gasteiger partial charge in [0, 0.05) is 19.5 Å². The van der Waals surface area contributed by atoms with Gasteiger partial charge in [0.25, 0.3) is 5.91 Å². The van der Waals surface area contributed by atoms with Crippen molar-refractivity contribution in [2.75, 3.05) is 13.2 Å². The van der Waals surface area contributed by atoms with E-state index in [0.29, 0.717) is 17.7 Å². The molecule has 0 saturated heterocycles. The maximum atomic E-state index is 12.9. The summed E-state index contributed by atoms with van der Waals surface area (Å²) in [6.07, 6.45) is -10.3. The molecular weight excluding hydrogens is 430 g/mol. The summed E-state index contributed by atoms with van der Waals surface area (Å²) in [5.41, 5.74) is 2.67. The van der Waals surface area contributed by atoms with Gasteiger partial charge >= 0.3 is 12.4 Å². The van der Waals surface area contributed by atoms with E-state index < -0.39 is 47.7 Å². The van der Waals surface area contributed by atoms with Crippen molar-refractivity contribution in [2.24, 2.45) is 5.73 Å². The molecule has 0 aliphatic carbocycles. The molecule has 0 aliphatic rings. The fourth-order valence-electron chi connectivity index (χ4n) is 2.59. The van der Waals surface area contributed by atoms with E-state index in [-0.39, 0.29) is 25.6 Å². The number of benzene rings is 2. The minimum atomic E-state index is -5.04. The van der Waals surface area contributed by atoms with Gasteiger partial charge < -0.3 is 15.4 Å². The Morgan fingerprint density at radius 3 is 1.94 bits per heavy atom. The Bertz CT molecular complexity index is 881. The summed E-state index contributed by atoms with van der Waals surface area (Å²) in [5, 5.41) is 0. The summed E-state index contributed by atoms with van der Waals surface area (Å²) in [7, 11) is 0. The third-order valence-electron chi connectivity index (χ3n) is 4.12. The van der Waals surface area contributed by atoms with E-state index in [1.807, 2.05) is 0 Å². The molecule has 31 heavy (non-hydrogen) atoms. The highest BCUT2D eigenvalue weighted by molar-refractivity contribution is 5.79. The van der Waals surface area contributed by atoms with E-state index in [0.717, 1.165) is 0 Å². The van der Waals surface area contributed by atoms with Gasteiger partial charge in [0.15, 0.2) is 6.61 Å². The van der Waals surface area contributed by atoms with Gasteiger partial charge in [-0.25, -0.2) is 0 Å². The summed E-state index contributed by atoms with van der Waals surface area (Å²) < 4.78 is 82.6. The molecule has 11 heteroatoms. The quantitative estimate of drug-likeness (QED) is 0.621. The number of hydrogen-bond donors (Lipinski definition) is 1. The summed E-state index contributed by atoms with van der Waals surface area (Å²) in [5.74, 6) is -2.18. The lowest BCUT2D eigenvalue weighted by Crippen LogP contribution is -2.36. The Labute approximate surface area is 173 Å². The minimum absolute atomic E-state index is 0.0384. The topological polar surface area (TPSA) is 72.6 Å². The number of nitrogens with zero attached hydrogens (tertiary/aromatic N) is 1. The smallest absolute Gasteiger partial charge is 0.416 e. The number of rotatable bonds is 8. The molecule has 2 aromatic rings. The van der Waals surface area contributed by atoms with Gasteiger partial charge in [-0.1, -0.05) is 30.3 Å². The fraction of sp³-hybridized carbons (Fsp3) is 0.300. The Balaban J connectivity index is 2.19. The highest BCUT2D eigenvalue weighted by Crippen LogP contribution is 2.38. The van der Waals surface area contributed by atoms with Crippen LogP contribution in [0, 0.1) is 0 Å². The molecule has 0 atom stereocenters. The first-order valence-corrected chi connectivity index (χ1v) is 8.88. The van der Waals surface area contributed by atoms with Gasteiger partial charge in [0.2, 0.25) is 5.91 Å². The van der Waals surface area contributed by atoms with Crippen LogP contribution in [-0.2, 0) is 28.5 Å². The van der Waals surface area contributed by atoms with Crippen LogP contribution in [0.15, 0.2) is 48.5 Å². The number of alkyl halides is 6. The van der Waals surface area contributed by atoms with E-state index in [1.54, 1.807) is 30.3 Å². The number of amides is 2. The lowest BCUT2D eigenvalue weighted by molar-refractivity contribution is -0.143. The van der Waals surface area contributed by atoms with Crippen molar-refractivity contribution in [1.29, 1.82) is 0 Å². The number of carbonyl (C=O) groups excluding carboxylic acids is 2. The average molecular weight is 448 g/mol. The van der Waals surface area contributed by atoms with Gasteiger partial charge in [0.1, 0.15) is 5.75 Å². The third-order valence-corrected chi connectivity index (χ3v) is 4.12. The first kappa shape index (κ1) is 24.0. The molecule has 0 spiro atoms. The van der Waals surface area contributed by atoms with Crippen LogP contribution in [0.25, 0.3) is 0 Å². The predicted molar refractivity (Wildman–Crippen MR) is 97.6 cm³/mol. The van der Waals surface area contributed by atoms with Crippen LogP contribution in [0.4, 0.5) is 26.3 Å². The van der Waals surface area contributed by atoms with Crippen LogP contribution in [0.1, 0.15) is 23.1 Å². The largest absolute Gasteiger partial charge is 0.484 e. The molecule has 2 N–H and O–H groups in total. The van der Waals surface area contributed by atoms with Crippen molar-refractivity contribution in [3.63, 3.8) is 0 Å². The van der Waals surface area contributed by atoms with Crippen LogP contribution in [0.2, 0.25) is 0 Å². The summed E-state index contributed by atoms with van der Waals surface area (Å²) >= 11 is 0. The predicted octanol–water partition coefficient (Wildman–Crippen LogP) is 4.01. The van der Waals surface area contributed by atoms with Crippen molar-refractivity contribution in [3.05, 3.63) is 65.2 Å². The molecule has 0 aliphatic heterocycles. The Kier molecular flexibility index (Phi) is 7.53. The molecule has 0 heterocycles. The molecule has 0 bridgehead atoms. The number of hydrogen-bond acceptors (Lipinski definition) is 3. The van der Waals surface area contributed by atoms with Crippen LogP contribution in [0.5, 0.6) is 5.75 Å². The first-order valence-electron chi connectivity index (χ1n) is 8.88. The van der Waals surface area contributed by atoms with Gasteiger partial charge in [-0.3, -0.25) is 9.59 Å². The SMILES string of the molecule is NC(=O)CCN(Cc1ccccc1)C(=O)COc1cc(C(F)(F)F)cc(C(F)(F)F)c1. The van der Waals surface area contributed by atoms with Gasteiger partial charge in [0.05, 0.1) is 11.1 Å². The zero-order valence-electron chi connectivity index (χ0n) is 16.0. The number of halogens is 6. The van der Waals surface area contributed by atoms with Crippen LogP contribution >= 0.6 is 0 Å². The van der Waals surface area contributed by atoms with E-state index in [1.165, 1.54) is 4.90 Å². The molecule has 0 unspecified atom stereocenters. The normalized spacial score (nSPS) is 11.8. The second kappa shape index (κ2) is 9.71. The number of primary amides is 1. The molecule has 2 aromatic carbocycles. The van der Waals surface area contributed by atoms with Crippen molar-refractivity contribution < 1.29 is 40.7 Å². The summed E-state index contributed by atoms with van der Waals surface area (Å²) in [4.78, 5) is 24.7. The standard InChI is InChI=1S/C20H18F6N2O3/c21-19(22,23)14-8-15(20(24,25)26)10-16(9-14)31-12-18(30)28(7-6-17(27)29)11-13-4-2-1-3-5-13/h1-5,8-10H,6-7,11-12H2,(H2,27,29). The Hall–Kier alpha value is -3.24. The molecule has 2 rings (SSSR count). The maximum Gasteiger partial charge on any atom is 0.416 e. The molecule has 2 amide bonds. The highest BCUT2D eigenvalue weighted by Gasteiger charge is 2.37. The molecule has 0 aromatic heterocycles. The van der Waals surface area contributed by atoms with E-state index in [2.05, 4.69) is 0 Å². The number of nitrogens with two attached hydrogens (primary N) is 1. The molecule has 0 radical (unpaired) electrons. The molecule has 0 fully saturated rings. The van der Waals surface area contributed by atoms with Crippen molar-refractivity contribution >= 4 is 11.8 Å². The maximum absolute atomic E-state index is 12.9. The Morgan fingerprint density at radius 1 is 0.903 bits per heavy atom. The molecular formula is C20H18F6N2O3. The fourth-order valence-corrected chi connectivity index (χ4v) is 2.59. The highest BCUT2D eigenvalue weighted by atomic mass is 19.4. The zero-order valence-corrected chi connectivity index (χ0v) is 16.0. The van der Waals surface area contributed by atoms with E-state index in [9.17, 15) is 35.9 Å². The molecule has 0 saturated carbocycles. The van der Waals surface area contributed by atoms with Crippen LogP contribution in [-0.4, -0.2) is 29.9 Å². The van der Waals surface area contributed by atoms with Crippen molar-refractivity contribution in [1.82, 2.24) is 4.90 Å². The number of ether oxygens (including phenoxy) is 1. The van der Waals surface area contributed by atoms with Crippen LogP contribution < -0.4 is 10.5 Å². The van der Waals surface area contributed by atoms with E-state index >= 15 is 0 Å². The van der Waals surface area contributed by atoms with Gasteiger partial charge in [-0.05, 0) is 23.8 Å². The average Bonchev–Trinajstić information content (AvgIpc) is 2.68. The Morgan fingerprint density at radius 2 is 1.45 bits per heavy atom. The van der Waals surface area contributed by atoms with E-state index in [4.69, 9.17) is 10.5 Å². The lowest BCUT2D eigenvalue weighted by Gasteiger charge is -2.23. The zero-order chi connectivity index (χ0) is 23.2. The first-order chi connectivity index (χ1) is 14.4. The summed E-state index contributed by atoms with van der Waals surface area (Å²) in [6, 6.07) is 9.30. The lowest BCUT2D eigenvalue weighted by atomic mass is 10.1. The van der Waals surface area contributed by atoms with Gasteiger partial charge in [-0.15, -0.1) is 0 Å². The van der Waals surface area contributed by atoms with Crippen LogP contribution in [0.3, 0.4) is 0 Å². The van der Waals surface area contributed by atoms with Crippen molar-refractivity contribution in [2.45, 2.75) is 25.3 Å². The second-order valence-corrected chi connectivity index (χ2v) is 6.55. The molecule has 168 valence electrons.